The van der Waals surface area contributed by atoms with Crippen LogP contribution < -0.4 is 14.8 Å². The third-order valence-electron chi connectivity index (χ3n) is 4.74. The molecule has 0 bridgehead atoms. The summed E-state index contributed by atoms with van der Waals surface area (Å²) in [5.41, 5.74) is 3.21. The Bertz CT molecular complexity index is 1170. The number of hydrogen-bond acceptors (Lipinski definition) is 4. The molecule has 3 aromatic rings. The minimum atomic E-state index is -3.70. The Labute approximate surface area is 157 Å². The first-order valence-electron chi connectivity index (χ1n) is 8.42. The Balaban J connectivity index is 1.61. The molecule has 0 saturated heterocycles. The molecule has 0 aliphatic carbocycles. The average Bonchev–Trinajstić information content (AvgIpc) is 3.18. The van der Waals surface area contributed by atoms with Crippen LogP contribution in [0.2, 0.25) is 0 Å². The number of hydrogen-bond donors (Lipinski definition) is 2. The molecule has 4 rings (SSSR count). The molecule has 0 fully saturated rings. The maximum absolute atomic E-state index is 12.7. The van der Waals surface area contributed by atoms with Crippen molar-refractivity contribution in [2.45, 2.75) is 17.9 Å². The van der Waals surface area contributed by atoms with Crippen LogP contribution in [0, 0.1) is 0 Å². The van der Waals surface area contributed by atoms with Crippen LogP contribution >= 0.6 is 0 Å². The summed E-state index contributed by atoms with van der Waals surface area (Å²) in [7, 11) is -0.191. The van der Waals surface area contributed by atoms with E-state index >= 15 is 0 Å². The summed E-state index contributed by atoms with van der Waals surface area (Å²) in [6.07, 6.45) is 2.10. The quantitative estimate of drug-likeness (QED) is 0.704. The number of ether oxygens (including phenoxy) is 1. The maximum atomic E-state index is 12.7. The number of carbonyl (C=O) groups is 1. The summed E-state index contributed by atoms with van der Waals surface area (Å²) in [6, 6.07) is 10.4. The van der Waals surface area contributed by atoms with Crippen molar-refractivity contribution in [1.29, 1.82) is 0 Å². The number of rotatable bonds is 5. The number of anilines is 1. The summed E-state index contributed by atoms with van der Waals surface area (Å²) in [5, 5.41) is 3.63. The van der Waals surface area contributed by atoms with Crippen LogP contribution in [0.1, 0.15) is 11.1 Å². The number of sulfonamides is 1. The lowest BCUT2D eigenvalue weighted by molar-refractivity contribution is -0.115. The molecular formula is C19H19N3O4S. The minimum absolute atomic E-state index is 0.128. The Morgan fingerprint density at radius 2 is 2.04 bits per heavy atom. The Morgan fingerprint density at radius 1 is 1.22 bits per heavy atom. The van der Waals surface area contributed by atoms with Crippen molar-refractivity contribution in [3.05, 3.63) is 53.7 Å². The Morgan fingerprint density at radius 3 is 2.81 bits per heavy atom. The lowest BCUT2D eigenvalue weighted by atomic mass is 10.1. The summed E-state index contributed by atoms with van der Waals surface area (Å²) >= 11 is 0. The van der Waals surface area contributed by atoms with Gasteiger partial charge in [0.1, 0.15) is 5.75 Å². The van der Waals surface area contributed by atoms with Crippen molar-refractivity contribution in [3.8, 4) is 5.75 Å². The number of benzene rings is 2. The molecule has 0 atom stereocenters. The normalized spacial score (nSPS) is 13.6. The number of carbonyl (C=O) groups excluding carboxylic acids is 1. The van der Waals surface area contributed by atoms with Crippen LogP contribution in [-0.2, 0) is 34.8 Å². The van der Waals surface area contributed by atoms with Gasteiger partial charge in [-0.2, -0.15) is 0 Å². The molecule has 0 spiro atoms. The van der Waals surface area contributed by atoms with Gasteiger partial charge in [-0.3, -0.25) is 4.79 Å². The second kappa shape index (κ2) is 6.40. The van der Waals surface area contributed by atoms with E-state index in [1.54, 1.807) is 19.2 Å². The summed E-state index contributed by atoms with van der Waals surface area (Å²) in [4.78, 5) is 11.6. The topological polar surface area (TPSA) is 89.4 Å². The highest BCUT2D eigenvalue weighted by molar-refractivity contribution is 7.89. The number of nitrogens with zero attached hydrogens (tertiary/aromatic N) is 1. The molecule has 1 aromatic heterocycles. The van der Waals surface area contributed by atoms with Gasteiger partial charge in [0, 0.05) is 36.4 Å². The van der Waals surface area contributed by atoms with Gasteiger partial charge in [0.25, 0.3) is 0 Å². The molecule has 27 heavy (non-hydrogen) atoms. The number of aromatic nitrogens is 1. The molecule has 2 aromatic carbocycles. The molecule has 0 radical (unpaired) electrons. The Kier molecular flexibility index (Phi) is 4.16. The standard InChI is InChI=1S/C19H19N3O4S/c1-22-11-13(16-9-14(26-2)3-6-18(16)22)10-20-27(24,25)15-4-5-17-12(7-15)8-19(23)21-17/h3-7,9,11,20H,8,10H2,1-2H3,(H,21,23). The predicted molar refractivity (Wildman–Crippen MR) is 102 cm³/mol. The monoisotopic (exact) mass is 385 g/mol. The van der Waals surface area contributed by atoms with Crippen LogP contribution in [0.3, 0.4) is 0 Å². The maximum Gasteiger partial charge on any atom is 0.240 e. The highest BCUT2D eigenvalue weighted by atomic mass is 32.2. The minimum Gasteiger partial charge on any atom is -0.497 e. The van der Waals surface area contributed by atoms with E-state index in [4.69, 9.17) is 4.74 Å². The first-order chi connectivity index (χ1) is 12.9. The zero-order valence-corrected chi connectivity index (χ0v) is 15.8. The van der Waals surface area contributed by atoms with Crippen molar-refractivity contribution in [2.24, 2.45) is 7.05 Å². The number of nitrogens with one attached hydrogen (secondary N) is 2. The van der Waals surface area contributed by atoms with Crippen LogP contribution in [-0.4, -0.2) is 26.0 Å². The van der Waals surface area contributed by atoms with Gasteiger partial charge in [-0.15, -0.1) is 0 Å². The molecule has 8 heteroatoms. The Hall–Kier alpha value is -2.84. The summed E-state index contributed by atoms with van der Waals surface area (Å²) in [6.45, 7) is 0.154. The zero-order valence-electron chi connectivity index (χ0n) is 14.9. The molecule has 0 saturated carbocycles. The molecule has 7 nitrogen and oxygen atoms in total. The van der Waals surface area contributed by atoms with Crippen molar-refractivity contribution < 1.29 is 17.9 Å². The number of aryl methyl sites for hydroxylation is 1. The smallest absolute Gasteiger partial charge is 0.240 e. The summed E-state index contributed by atoms with van der Waals surface area (Å²) < 4.78 is 35.3. The largest absolute Gasteiger partial charge is 0.497 e. The van der Waals surface area contributed by atoms with Crippen molar-refractivity contribution in [1.82, 2.24) is 9.29 Å². The van der Waals surface area contributed by atoms with Gasteiger partial charge in [-0.25, -0.2) is 13.1 Å². The van der Waals surface area contributed by atoms with Gasteiger partial charge in [0.15, 0.2) is 0 Å². The molecule has 0 unspecified atom stereocenters. The molecule has 1 aliphatic heterocycles. The SMILES string of the molecule is COc1ccc2c(c1)c(CNS(=O)(=O)c1ccc3c(c1)CC(=O)N3)cn2C. The van der Waals surface area contributed by atoms with Crippen LogP contribution in [0.25, 0.3) is 10.9 Å². The lowest BCUT2D eigenvalue weighted by Gasteiger charge is -2.08. The second-order valence-electron chi connectivity index (χ2n) is 6.52. The van der Waals surface area contributed by atoms with Crippen LogP contribution in [0.5, 0.6) is 5.75 Å². The highest BCUT2D eigenvalue weighted by Crippen LogP contribution is 2.27. The summed E-state index contributed by atoms with van der Waals surface area (Å²) in [5.74, 6) is 0.589. The second-order valence-corrected chi connectivity index (χ2v) is 8.28. The van der Waals surface area contributed by atoms with E-state index < -0.39 is 10.0 Å². The van der Waals surface area contributed by atoms with Crippen LogP contribution in [0.4, 0.5) is 5.69 Å². The van der Waals surface area contributed by atoms with E-state index in [2.05, 4.69) is 10.0 Å². The third kappa shape index (κ3) is 3.17. The van der Waals surface area contributed by atoms with E-state index in [-0.39, 0.29) is 23.8 Å². The van der Waals surface area contributed by atoms with Gasteiger partial charge in [0.05, 0.1) is 18.4 Å². The fourth-order valence-corrected chi connectivity index (χ4v) is 4.41. The molecule has 1 aliphatic rings. The zero-order chi connectivity index (χ0) is 19.2. The van der Waals surface area contributed by atoms with E-state index in [0.29, 0.717) is 17.0 Å². The fourth-order valence-electron chi connectivity index (χ4n) is 3.35. The fraction of sp³-hybridized carbons (Fsp3) is 0.211. The molecule has 2 N–H and O–H groups in total. The number of amides is 1. The van der Waals surface area contributed by atoms with Gasteiger partial charge in [0.2, 0.25) is 15.9 Å². The molecule has 140 valence electrons. The molecule has 2 heterocycles. The van der Waals surface area contributed by atoms with Gasteiger partial charge < -0.3 is 14.6 Å². The van der Waals surface area contributed by atoms with Gasteiger partial charge in [-0.1, -0.05) is 0 Å². The van der Waals surface area contributed by atoms with E-state index in [1.165, 1.54) is 6.07 Å². The van der Waals surface area contributed by atoms with Crippen molar-refractivity contribution in [2.75, 3.05) is 12.4 Å². The van der Waals surface area contributed by atoms with Gasteiger partial charge in [-0.05, 0) is 47.5 Å². The lowest BCUT2D eigenvalue weighted by Crippen LogP contribution is -2.23. The van der Waals surface area contributed by atoms with Gasteiger partial charge >= 0.3 is 0 Å². The number of methoxy groups -OCH3 is 1. The molecule has 1 amide bonds. The number of fused-ring (bicyclic) bond motifs is 2. The van der Waals surface area contributed by atoms with Crippen LogP contribution in [0.15, 0.2) is 47.5 Å². The first-order valence-corrected chi connectivity index (χ1v) is 9.90. The molecular weight excluding hydrogens is 366 g/mol. The van der Waals surface area contributed by atoms with Crippen molar-refractivity contribution >= 4 is 32.5 Å². The van der Waals surface area contributed by atoms with E-state index in [9.17, 15) is 13.2 Å². The van der Waals surface area contributed by atoms with Crippen molar-refractivity contribution in [3.63, 3.8) is 0 Å². The van der Waals surface area contributed by atoms with E-state index in [1.807, 2.05) is 36.0 Å². The first kappa shape index (κ1) is 17.6. The highest BCUT2D eigenvalue weighted by Gasteiger charge is 2.22. The average molecular weight is 385 g/mol. The predicted octanol–water partition coefficient (Wildman–Crippen LogP) is 2.16. The van der Waals surface area contributed by atoms with E-state index in [0.717, 1.165) is 16.5 Å². The third-order valence-corrected chi connectivity index (χ3v) is 6.14.